The van der Waals surface area contributed by atoms with E-state index in [1.54, 1.807) is 16.9 Å². The standard InChI is InChI=1S/C18H14ClN5/c19-15-6-16(22-11-21-15)24-14-5-13(2-1-12(14)7-23-24)18(10-20)8-17(9-18)3-4-17/h1-2,5-7,11H,3-4,8-9H2. The van der Waals surface area contributed by atoms with Crippen LogP contribution in [-0.4, -0.2) is 19.7 Å². The predicted molar refractivity (Wildman–Crippen MR) is 89.9 cm³/mol. The van der Waals surface area contributed by atoms with Crippen molar-refractivity contribution in [1.29, 1.82) is 5.26 Å². The Bertz CT molecular complexity index is 1000. The van der Waals surface area contributed by atoms with E-state index >= 15 is 0 Å². The average Bonchev–Trinajstić information content (AvgIpc) is 3.24. The molecule has 2 aliphatic carbocycles. The van der Waals surface area contributed by atoms with Crippen LogP contribution in [-0.2, 0) is 5.41 Å². The Kier molecular flexibility index (Phi) is 2.64. The summed E-state index contributed by atoms with van der Waals surface area (Å²) in [5, 5.41) is 15.6. The van der Waals surface area contributed by atoms with Gasteiger partial charge in [-0.2, -0.15) is 10.4 Å². The molecule has 24 heavy (non-hydrogen) atoms. The minimum Gasteiger partial charge on any atom is -0.224 e. The van der Waals surface area contributed by atoms with E-state index in [1.165, 1.54) is 19.2 Å². The van der Waals surface area contributed by atoms with Crippen LogP contribution < -0.4 is 0 Å². The smallest absolute Gasteiger partial charge is 0.158 e. The molecule has 0 bridgehead atoms. The van der Waals surface area contributed by atoms with Crippen molar-refractivity contribution in [3.8, 4) is 11.9 Å². The summed E-state index contributed by atoms with van der Waals surface area (Å²) in [5.41, 5.74) is 2.14. The quantitative estimate of drug-likeness (QED) is 0.668. The van der Waals surface area contributed by atoms with E-state index in [1.807, 2.05) is 6.07 Å². The molecule has 2 saturated carbocycles. The Morgan fingerprint density at radius 1 is 1.17 bits per heavy atom. The zero-order valence-corrected chi connectivity index (χ0v) is 13.7. The highest BCUT2D eigenvalue weighted by Crippen LogP contribution is 2.68. The van der Waals surface area contributed by atoms with Gasteiger partial charge in [-0.1, -0.05) is 23.7 Å². The van der Waals surface area contributed by atoms with Crippen LogP contribution in [0.3, 0.4) is 0 Å². The fourth-order valence-electron chi connectivity index (χ4n) is 4.05. The molecule has 1 aromatic carbocycles. The maximum atomic E-state index is 9.78. The maximum Gasteiger partial charge on any atom is 0.158 e. The summed E-state index contributed by atoms with van der Waals surface area (Å²) in [5.74, 6) is 0.625. The Labute approximate surface area is 143 Å². The number of nitriles is 1. The largest absolute Gasteiger partial charge is 0.224 e. The van der Waals surface area contributed by atoms with Gasteiger partial charge in [0.2, 0.25) is 0 Å². The summed E-state index contributed by atoms with van der Waals surface area (Å²) < 4.78 is 1.75. The third kappa shape index (κ3) is 1.90. The molecular formula is C18H14ClN5. The molecule has 3 aromatic rings. The molecule has 0 radical (unpaired) electrons. The number of benzene rings is 1. The normalized spacial score (nSPS) is 19.8. The second kappa shape index (κ2) is 4.55. The van der Waals surface area contributed by atoms with Crippen molar-refractivity contribution in [3.63, 3.8) is 0 Å². The number of nitrogens with zero attached hydrogens (tertiary/aromatic N) is 5. The fourth-order valence-corrected chi connectivity index (χ4v) is 4.19. The summed E-state index contributed by atoms with van der Waals surface area (Å²) in [6.07, 6.45) is 7.74. The van der Waals surface area contributed by atoms with Crippen molar-refractivity contribution < 1.29 is 0 Å². The Morgan fingerprint density at radius 2 is 2.00 bits per heavy atom. The van der Waals surface area contributed by atoms with Crippen molar-refractivity contribution in [2.24, 2.45) is 5.41 Å². The van der Waals surface area contributed by atoms with Gasteiger partial charge in [0.05, 0.1) is 23.2 Å². The first kappa shape index (κ1) is 13.9. The summed E-state index contributed by atoms with van der Waals surface area (Å²) in [6.45, 7) is 0. The molecular weight excluding hydrogens is 322 g/mol. The molecule has 5 nitrogen and oxygen atoms in total. The summed E-state index contributed by atoms with van der Waals surface area (Å²) >= 11 is 5.97. The highest BCUT2D eigenvalue weighted by Gasteiger charge is 2.61. The predicted octanol–water partition coefficient (Wildman–Crippen LogP) is 3.80. The van der Waals surface area contributed by atoms with Gasteiger partial charge in [-0.3, -0.25) is 0 Å². The van der Waals surface area contributed by atoms with E-state index in [0.717, 1.165) is 29.3 Å². The first-order valence-electron chi connectivity index (χ1n) is 8.01. The molecule has 2 aromatic heterocycles. The number of rotatable bonds is 2. The Balaban J connectivity index is 1.63. The second-order valence-electron chi connectivity index (χ2n) is 7.08. The van der Waals surface area contributed by atoms with Gasteiger partial charge >= 0.3 is 0 Å². The molecule has 2 fully saturated rings. The van der Waals surface area contributed by atoms with Crippen LogP contribution in [0.25, 0.3) is 16.7 Å². The van der Waals surface area contributed by atoms with Gasteiger partial charge in [0, 0.05) is 11.5 Å². The lowest BCUT2D eigenvalue weighted by molar-refractivity contribution is 0.173. The Morgan fingerprint density at radius 3 is 2.71 bits per heavy atom. The third-order valence-electron chi connectivity index (χ3n) is 5.48. The van der Waals surface area contributed by atoms with Gasteiger partial charge < -0.3 is 0 Å². The molecule has 0 atom stereocenters. The molecule has 2 heterocycles. The van der Waals surface area contributed by atoms with E-state index in [2.05, 4.69) is 33.3 Å². The van der Waals surface area contributed by atoms with Crippen LogP contribution in [0.15, 0.2) is 36.8 Å². The topological polar surface area (TPSA) is 67.4 Å². The van der Waals surface area contributed by atoms with Gasteiger partial charge in [0.1, 0.15) is 11.5 Å². The number of hydrogen-bond donors (Lipinski definition) is 0. The third-order valence-corrected chi connectivity index (χ3v) is 5.69. The van der Waals surface area contributed by atoms with Gasteiger partial charge in [-0.25, -0.2) is 14.6 Å². The minimum absolute atomic E-state index is 0.344. The molecule has 2 aliphatic rings. The molecule has 0 N–H and O–H groups in total. The highest BCUT2D eigenvalue weighted by molar-refractivity contribution is 6.29. The van der Waals surface area contributed by atoms with Gasteiger partial charge in [-0.05, 0) is 42.7 Å². The average molecular weight is 336 g/mol. The van der Waals surface area contributed by atoms with E-state index < -0.39 is 0 Å². The molecule has 5 rings (SSSR count). The molecule has 0 saturated heterocycles. The number of hydrogen-bond acceptors (Lipinski definition) is 4. The van der Waals surface area contributed by atoms with Crippen molar-refractivity contribution >= 4 is 22.5 Å². The molecule has 0 amide bonds. The lowest BCUT2D eigenvalue weighted by Gasteiger charge is -2.44. The van der Waals surface area contributed by atoms with Crippen LogP contribution in [0.1, 0.15) is 31.2 Å². The first-order chi connectivity index (χ1) is 11.6. The second-order valence-corrected chi connectivity index (χ2v) is 7.46. The summed E-state index contributed by atoms with van der Waals surface area (Å²) in [7, 11) is 0. The van der Waals surface area contributed by atoms with Crippen LogP contribution >= 0.6 is 11.6 Å². The fraction of sp³-hybridized carbons (Fsp3) is 0.333. The first-order valence-corrected chi connectivity index (χ1v) is 8.38. The van der Waals surface area contributed by atoms with Crippen LogP contribution in [0, 0.1) is 16.7 Å². The Hall–Kier alpha value is -2.45. The van der Waals surface area contributed by atoms with Crippen LogP contribution in [0.4, 0.5) is 0 Å². The van der Waals surface area contributed by atoms with E-state index in [4.69, 9.17) is 11.6 Å². The van der Waals surface area contributed by atoms with Gasteiger partial charge in [0.15, 0.2) is 5.82 Å². The van der Waals surface area contributed by atoms with Crippen molar-refractivity contribution in [2.45, 2.75) is 31.1 Å². The highest BCUT2D eigenvalue weighted by atomic mass is 35.5. The van der Waals surface area contributed by atoms with E-state index in [0.29, 0.717) is 16.4 Å². The molecule has 0 unspecified atom stereocenters. The van der Waals surface area contributed by atoms with Gasteiger partial charge in [-0.15, -0.1) is 0 Å². The van der Waals surface area contributed by atoms with E-state index in [9.17, 15) is 5.26 Å². The number of aromatic nitrogens is 4. The molecule has 0 aliphatic heterocycles. The summed E-state index contributed by atoms with van der Waals surface area (Å²) in [6, 6.07) is 10.4. The van der Waals surface area contributed by atoms with E-state index in [-0.39, 0.29) is 5.41 Å². The van der Waals surface area contributed by atoms with Crippen molar-refractivity contribution in [3.05, 3.63) is 47.5 Å². The zero-order chi connectivity index (χ0) is 16.4. The van der Waals surface area contributed by atoms with Gasteiger partial charge in [0.25, 0.3) is 0 Å². The number of halogens is 1. The van der Waals surface area contributed by atoms with Crippen molar-refractivity contribution in [2.75, 3.05) is 0 Å². The molecule has 6 heteroatoms. The molecule has 1 spiro atoms. The SMILES string of the molecule is N#CC1(c2ccc3cnn(-c4cc(Cl)ncn4)c3c2)CC2(CC2)C1. The summed E-state index contributed by atoms with van der Waals surface area (Å²) in [4.78, 5) is 8.17. The minimum atomic E-state index is -0.344. The zero-order valence-electron chi connectivity index (χ0n) is 12.9. The number of fused-ring (bicyclic) bond motifs is 1. The lowest BCUT2D eigenvalue weighted by Crippen LogP contribution is -2.41. The van der Waals surface area contributed by atoms with Crippen LogP contribution in [0.2, 0.25) is 5.15 Å². The monoisotopic (exact) mass is 335 g/mol. The lowest BCUT2D eigenvalue weighted by atomic mass is 9.57. The molecule has 118 valence electrons. The maximum absolute atomic E-state index is 9.78. The van der Waals surface area contributed by atoms with Crippen LogP contribution in [0.5, 0.6) is 0 Å². The van der Waals surface area contributed by atoms with Crippen molar-refractivity contribution in [1.82, 2.24) is 19.7 Å².